The number of aryl methyl sites for hydroxylation is 1. The van der Waals surface area contributed by atoms with E-state index in [4.69, 9.17) is 11.6 Å². The number of urea groups is 1. The van der Waals surface area contributed by atoms with Crippen LogP contribution < -0.4 is 10.6 Å². The highest BCUT2D eigenvalue weighted by atomic mass is 35.5. The third-order valence-corrected chi connectivity index (χ3v) is 5.18. The number of nitrogens with zero attached hydrogens (tertiary/aromatic N) is 1. The van der Waals surface area contributed by atoms with Gasteiger partial charge < -0.3 is 15.5 Å². The number of halogens is 1. The minimum Gasteiger partial charge on any atom is -0.339 e. The van der Waals surface area contributed by atoms with E-state index >= 15 is 0 Å². The van der Waals surface area contributed by atoms with Gasteiger partial charge in [-0.1, -0.05) is 35.9 Å². The lowest BCUT2D eigenvalue weighted by Gasteiger charge is -2.21. The zero-order valence-electron chi connectivity index (χ0n) is 15.6. The summed E-state index contributed by atoms with van der Waals surface area (Å²) in [7, 11) is 0. The topological polar surface area (TPSA) is 61.4 Å². The van der Waals surface area contributed by atoms with Crippen LogP contribution in [0.25, 0.3) is 0 Å². The fourth-order valence-electron chi connectivity index (χ4n) is 3.48. The van der Waals surface area contributed by atoms with Crippen molar-refractivity contribution in [3.8, 4) is 0 Å². The molecular weight excluding hydrogens is 362 g/mol. The number of nitrogens with one attached hydrogen (secondary N) is 2. The van der Waals surface area contributed by atoms with Gasteiger partial charge in [0, 0.05) is 30.7 Å². The van der Waals surface area contributed by atoms with Gasteiger partial charge in [0.05, 0.1) is 6.04 Å². The zero-order chi connectivity index (χ0) is 19.4. The molecule has 1 atom stereocenters. The smallest absolute Gasteiger partial charge is 0.319 e. The van der Waals surface area contributed by atoms with E-state index in [1.165, 1.54) is 5.56 Å². The summed E-state index contributed by atoms with van der Waals surface area (Å²) in [5.74, 6) is 0.0120. The Bertz CT molecular complexity index is 853. The molecule has 0 spiro atoms. The summed E-state index contributed by atoms with van der Waals surface area (Å²) in [5, 5.41) is 6.70. The number of amides is 3. The number of rotatable bonds is 5. The van der Waals surface area contributed by atoms with Crippen LogP contribution in [-0.2, 0) is 17.8 Å². The Hall–Kier alpha value is -2.53. The van der Waals surface area contributed by atoms with Crippen molar-refractivity contribution in [2.75, 3.05) is 11.9 Å². The van der Waals surface area contributed by atoms with Crippen LogP contribution >= 0.6 is 11.6 Å². The fraction of sp³-hybridized carbons (Fsp3) is 0.333. The molecule has 3 amide bonds. The number of hydrogen-bond donors (Lipinski definition) is 2. The average Bonchev–Trinajstić information content (AvgIpc) is 3.02. The lowest BCUT2D eigenvalue weighted by molar-refractivity contribution is -0.129. The van der Waals surface area contributed by atoms with Gasteiger partial charge in [0.1, 0.15) is 0 Å². The second kappa shape index (κ2) is 8.44. The molecule has 6 heteroatoms. The molecule has 2 aromatic carbocycles. The monoisotopic (exact) mass is 385 g/mol. The molecule has 5 nitrogen and oxygen atoms in total. The average molecular weight is 386 g/mol. The van der Waals surface area contributed by atoms with Gasteiger partial charge in [0.15, 0.2) is 0 Å². The zero-order valence-corrected chi connectivity index (χ0v) is 16.3. The molecule has 0 aliphatic heterocycles. The van der Waals surface area contributed by atoms with E-state index in [2.05, 4.69) is 10.6 Å². The highest BCUT2D eigenvalue weighted by Crippen LogP contribution is 2.33. The van der Waals surface area contributed by atoms with Crippen LogP contribution in [0.5, 0.6) is 0 Å². The largest absolute Gasteiger partial charge is 0.339 e. The molecule has 1 aliphatic carbocycles. The van der Waals surface area contributed by atoms with Crippen LogP contribution in [0.1, 0.15) is 43.0 Å². The van der Waals surface area contributed by atoms with Crippen LogP contribution in [0, 0.1) is 0 Å². The summed E-state index contributed by atoms with van der Waals surface area (Å²) in [6.07, 6.45) is 1.76. The Labute approximate surface area is 164 Å². The molecule has 3 rings (SSSR count). The van der Waals surface area contributed by atoms with Crippen LogP contribution in [0.15, 0.2) is 42.5 Å². The Morgan fingerprint density at radius 3 is 2.74 bits per heavy atom. The third kappa shape index (κ3) is 4.61. The first-order valence-corrected chi connectivity index (χ1v) is 9.55. The SMILES string of the molecule is CCN(Cc1ccccc1NC(=O)N[C@@H]1CCc2cc(Cl)ccc21)C(C)=O. The minimum absolute atomic E-state index is 0.0120. The lowest BCUT2D eigenvalue weighted by atomic mass is 10.1. The molecule has 2 aromatic rings. The first kappa shape index (κ1) is 19.2. The minimum atomic E-state index is -0.249. The summed E-state index contributed by atoms with van der Waals surface area (Å²) < 4.78 is 0. The Morgan fingerprint density at radius 1 is 1.22 bits per heavy atom. The molecule has 0 unspecified atom stereocenters. The molecule has 2 N–H and O–H groups in total. The van der Waals surface area contributed by atoms with Gasteiger partial charge >= 0.3 is 6.03 Å². The van der Waals surface area contributed by atoms with Gasteiger partial charge in [-0.2, -0.15) is 0 Å². The summed E-state index contributed by atoms with van der Waals surface area (Å²) in [6.45, 7) is 4.58. The van der Waals surface area contributed by atoms with Crippen molar-refractivity contribution in [3.63, 3.8) is 0 Å². The number of para-hydroxylation sites is 1. The summed E-state index contributed by atoms with van der Waals surface area (Å²) in [4.78, 5) is 26.0. The first-order valence-electron chi connectivity index (χ1n) is 9.17. The Morgan fingerprint density at radius 2 is 2.00 bits per heavy atom. The number of hydrogen-bond acceptors (Lipinski definition) is 2. The molecule has 0 radical (unpaired) electrons. The van der Waals surface area contributed by atoms with Gasteiger partial charge in [0.25, 0.3) is 0 Å². The fourth-order valence-corrected chi connectivity index (χ4v) is 3.68. The maximum absolute atomic E-state index is 12.6. The van der Waals surface area contributed by atoms with Crippen molar-refractivity contribution in [2.45, 2.75) is 39.3 Å². The lowest BCUT2D eigenvalue weighted by Crippen LogP contribution is -2.32. The van der Waals surface area contributed by atoms with E-state index in [9.17, 15) is 9.59 Å². The van der Waals surface area contributed by atoms with Gasteiger partial charge in [-0.3, -0.25) is 4.79 Å². The van der Waals surface area contributed by atoms with E-state index in [1.54, 1.807) is 11.8 Å². The maximum Gasteiger partial charge on any atom is 0.319 e. The second-order valence-corrected chi connectivity index (χ2v) is 7.16. The molecule has 0 saturated heterocycles. The van der Waals surface area contributed by atoms with Crippen LogP contribution in [0.2, 0.25) is 5.02 Å². The Kier molecular flexibility index (Phi) is 6.01. The molecule has 0 aromatic heterocycles. The quantitative estimate of drug-likeness (QED) is 0.795. The van der Waals surface area contributed by atoms with Crippen LogP contribution in [0.3, 0.4) is 0 Å². The van der Waals surface area contributed by atoms with E-state index in [0.717, 1.165) is 29.0 Å². The van der Waals surface area contributed by atoms with Crippen molar-refractivity contribution in [2.24, 2.45) is 0 Å². The predicted octanol–water partition coefficient (Wildman–Crippen LogP) is 4.52. The van der Waals surface area contributed by atoms with Crippen molar-refractivity contribution < 1.29 is 9.59 Å². The van der Waals surface area contributed by atoms with Crippen molar-refractivity contribution in [1.82, 2.24) is 10.2 Å². The van der Waals surface area contributed by atoms with E-state index in [1.807, 2.05) is 49.4 Å². The maximum atomic E-state index is 12.6. The molecule has 0 bridgehead atoms. The number of anilines is 1. The molecular formula is C21H24ClN3O2. The normalized spacial score (nSPS) is 15.1. The molecule has 142 valence electrons. The highest BCUT2D eigenvalue weighted by Gasteiger charge is 2.24. The second-order valence-electron chi connectivity index (χ2n) is 6.72. The van der Waals surface area contributed by atoms with Crippen molar-refractivity contribution >= 4 is 29.2 Å². The molecule has 1 aliphatic rings. The van der Waals surface area contributed by atoms with Crippen molar-refractivity contribution in [1.29, 1.82) is 0 Å². The van der Waals surface area contributed by atoms with E-state index in [0.29, 0.717) is 18.8 Å². The predicted molar refractivity (Wildman–Crippen MR) is 108 cm³/mol. The van der Waals surface area contributed by atoms with Gasteiger partial charge in [-0.25, -0.2) is 4.79 Å². The van der Waals surface area contributed by atoms with Crippen molar-refractivity contribution in [3.05, 3.63) is 64.2 Å². The van der Waals surface area contributed by atoms with Crippen LogP contribution in [0.4, 0.5) is 10.5 Å². The highest BCUT2D eigenvalue weighted by molar-refractivity contribution is 6.30. The van der Waals surface area contributed by atoms with Gasteiger partial charge in [-0.05, 0) is 54.7 Å². The molecule has 0 fully saturated rings. The third-order valence-electron chi connectivity index (χ3n) is 4.94. The number of benzene rings is 2. The summed E-state index contributed by atoms with van der Waals surface area (Å²) in [5.41, 5.74) is 3.93. The molecule has 0 heterocycles. The van der Waals surface area contributed by atoms with Gasteiger partial charge in [-0.15, -0.1) is 0 Å². The number of carbonyl (C=O) groups excluding carboxylic acids is 2. The Balaban J connectivity index is 1.68. The molecule has 27 heavy (non-hydrogen) atoms. The van der Waals surface area contributed by atoms with E-state index < -0.39 is 0 Å². The van der Waals surface area contributed by atoms with E-state index in [-0.39, 0.29) is 18.0 Å². The van der Waals surface area contributed by atoms with Gasteiger partial charge in [0.2, 0.25) is 5.91 Å². The summed E-state index contributed by atoms with van der Waals surface area (Å²) >= 11 is 6.05. The molecule has 0 saturated carbocycles. The number of carbonyl (C=O) groups is 2. The first-order chi connectivity index (χ1) is 13.0. The number of fused-ring (bicyclic) bond motifs is 1. The standard InChI is InChI=1S/C21H24ClN3O2/c1-3-25(14(2)26)13-16-6-4-5-7-19(16)23-21(27)24-20-11-8-15-12-17(22)9-10-18(15)20/h4-7,9-10,12,20H,3,8,11,13H2,1-2H3,(H2,23,24,27)/t20-/m1/s1. The summed E-state index contributed by atoms with van der Waals surface area (Å²) in [6, 6.07) is 13.1. The van der Waals surface area contributed by atoms with Crippen LogP contribution in [-0.4, -0.2) is 23.4 Å².